The van der Waals surface area contributed by atoms with Gasteiger partial charge >= 0.3 is 0 Å². The molecule has 20 heavy (non-hydrogen) atoms. The normalized spacial score (nSPS) is 10.1. The van der Waals surface area contributed by atoms with Gasteiger partial charge in [0.05, 0.1) is 17.1 Å². The average molecular weight is 381 g/mol. The summed E-state index contributed by atoms with van der Waals surface area (Å²) in [5.41, 5.74) is 8.87. The fourth-order valence-electron chi connectivity index (χ4n) is 1.78. The first kappa shape index (κ1) is 14.6. The number of amides is 1. The van der Waals surface area contributed by atoms with E-state index in [1.807, 2.05) is 31.2 Å². The van der Waals surface area contributed by atoms with Gasteiger partial charge in [-0.2, -0.15) is 0 Å². The van der Waals surface area contributed by atoms with Crippen LogP contribution in [-0.4, -0.2) is 12.5 Å². The monoisotopic (exact) mass is 381 g/mol. The molecule has 0 saturated heterocycles. The molecule has 1 amide bonds. The number of rotatable bonds is 4. The number of halogens is 1. The van der Waals surface area contributed by atoms with E-state index in [2.05, 4.69) is 33.2 Å². The summed E-state index contributed by atoms with van der Waals surface area (Å²) in [6.45, 7) is 2.49. The second-order valence-electron chi connectivity index (χ2n) is 4.27. The predicted octanol–water partition coefficient (Wildman–Crippen LogP) is 3.37. The van der Waals surface area contributed by atoms with Crippen molar-refractivity contribution in [2.45, 2.75) is 6.92 Å². The molecular formula is C15H16IN3O. The van der Waals surface area contributed by atoms with E-state index in [4.69, 9.17) is 5.73 Å². The molecule has 0 bridgehead atoms. The van der Waals surface area contributed by atoms with Crippen molar-refractivity contribution < 1.29 is 4.79 Å². The highest BCUT2D eigenvalue weighted by Gasteiger charge is 2.08. The molecule has 104 valence electrons. The zero-order valence-corrected chi connectivity index (χ0v) is 13.3. The molecule has 0 aliphatic heterocycles. The number of anilines is 3. The Balaban J connectivity index is 2.30. The zero-order chi connectivity index (χ0) is 14.5. The maximum Gasteiger partial charge on any atom is 0.251 e. The van der Waals surface area contributed by atoms with E-state index in [9.17, 15) is 4.79 Å². The molecule has 0 spiro atoms. The van der Waals surface area contributed by atoms with Gasteiger partial charge in [0.15, 0.2) is 0 Å². The van der Waals surface area contributed by atoms with Crippen molar-refractivity contribution in [3.8, 4) is 0 Å². The number of hydrogen-bond acceptors (Lipinski definition) is 3. The standard InChI is InChI=1S/C15H16IN3O/c1-2-18-15(20)10-7-8-12(17)14(9-10)19-13-6-4-3-5-11(13)16/h3-9,19H,2,17H2,1H3,(H,18,20). The van der Waals surface area contributed by atoms with Crippen LogP contribution < -0.4 is 16.4 Å². The van der Waals surface area contributed by atoms with Crippen LogP contribution in [0.25, 0.3) is 0 Å². The summed E-state index contributed by atoms with van der Waals surface area (Å²) >= 11 is 2.25. The molecule has 4 N–H and O–H groups in total. The summed E-state index contributed by atoms with van der Waals surface area (Å²) in [6.07, 6.45) is 0. The third kappa shape index (κ3) is 3.41. The van der Waals surface area contributed by atoms with Crippen LogP contribution >= 0.6 is 22.6 Å². The van der Waals surface area contributed by atoms with Gasteiger partial charge in [-0.3, -0.25) is 4.79 Å². The van der Waals surface area contributed by atoms with Gasteiger partial charge in [-0.25, -0.2) is 0 Å². The first-order chi connectivity index (χ1) is 9.61. The molecule has 0 radical (unpaired) electrons. The largest absolute Gasteiger partial charge is 0.397 e. The van der Waals surface area contributed by atoms with Gasteiger partial charge in [-0.1, -0.05) is 12.1 Å². The Morgan fingerprint density at radius 3 is 2.65 bits per heavy atom. The lowest BCUT2D eigenvalue weighted by Crippen LogP contribution is -2.22. The van der Waals surface area contributed by atoms with Crippen LogP contribution in [0.5, 0.6) is 0 Å². The fourth-order valence-corrected chi connectivity index (χ4v) is 2.30. The number of hydrogen-bond donors (Lipinski definition) is 3. The number of carbonyl (C=O) groups excluding carboxylic acids is 1. The fraction of sp³-hybridized carbons (Fsp3) is 0.133. The molecule has 0 saturated carbocycles. The van der Waals surface area contributed by atoms with E-state index >= 15 is 0 Å². The van der Waals surface area contributed by atoms with Crippen LogP contribution in [0.4, 0.5) is 17.1 Å². The molecule has 0 fully saturated rings. The van der Waals surface area contributed by atoms with Crippen LogP contribution in [0, 0.1) is 3.57 Å². The Hall–Kier alpha value is -1.76. The van der Waals surface area contributed by atoms with Crippen LogP contribution in [0.15, 0.2) is 42.5 Å². The minimum atomic E-state index is -0.0988. The smallest absolute Gasteiger partial charge is 0.251 e. The topological polar surface area (TPSA) is 67.2 Å². The Kier molecular flexibility index (Phi) is 4.84. The predicted molar refractivity (Wildman–Crippen MR) is 91.3 cm³/mol. The van der Waals surface area contributed by atoms with E-state index in [0.717, 1.165) is 14.9 Å². The molecule has 0 unspecified atom stereocenters. The van der Waals surface area contributed by atoms with Gasteiger partial charge in [0, 0.05) is 15.7 Å². The molecular weight excluding hydrogens is 365 g/mol. The summed E-state index contributed by atoms with van der Waals surface area (Å²) < 4.78 is 1.09. The first-order valence-electron chi connectivity index (χ1n) is 6.31. The number of nitrogens with one attached hydrogen (secondary N) is 2. The zero-order valence-electron chi connectivity index (χ0n) is 11.1. The lowest BCUT2D eigenvalue weighted by atomic mass is 10.1. The van der Waals surface area contributed by atoms with E-state index in [1.54, 1.807) is 18.2 Å². The first-order valence-corrected chi connectivity index (χ1v) is 7.39. The molecule has 2 rings (SSSR count). The number of carbonyl (C=O) groups is 1. The van der Waals surface area contributed by atoms with Gasteiger partial charge in [0.1, 0.15) is 0 Å². The molecule has 0 heterocycles. The summed E-state index contributed by atoms with van der Waals surface area (Å²) in [5.74, 6) is -0.0988. The molecule has 2 aromatic rings. The summed E-state index contributed by atoms with van der Waals surface area (Å²) in [7, 11) is 0. The molecule has 2 aromatic carbocycles. The van der Waals surface area contributed by atoms with Crippen molar-refractivity contribution in [1.29, 1.82) is 0 Å². The highest BCUT2D eigenvalue weighted by atomic mass is 127. The Labute approximate surface area is 131 Å². The number of nitrogens with two attached hydrogens (primary N) is 1. The second kappa shape index (κ2) is 6.60. The highest BCUT2D eigenvalue weighted by molar-refractivity contribution is 14.1. The minimum absolute atomic E-state index is 0.0988. The van der Waals surface area contributed by atoms with Gasteiger partial charge in [0.2, 0.25) is 0 Å². The minimum Gasteiger partial charge on any atom is -0.397 e. The average Bonchev–Trinajstić information content (AvgIpc) is 2.44. The lowest BCUT2D eigenvalue weighted by Gasteiger charge is -2.12. The summed E-state index contributed by atoms with van der Waals surface area (Å²) in [5, 5.41) is 6.04. The SMILES string of the molecule is CCNC(=O)c1ccc(N)c(Nc2ccccc2I)c1. The van der Waals surface area contributed by atoms with Crippen LogP contribution in [0.3, 0.4) is 0 Å². The van der Waals surface area contributed by atoms with Crippen molar-refractivity contribution in [1.82, 2.24) is 5.32 Å². The Bertz CT molecular complexity index is 628. The third-order valence-corrected chi connectivity index (χ3v) is 3.74. The molecule has 4 nitrogen and oxygen atoms in total. The van der Waals surface area contributed by atoms with Crippen LogP contribution in [0.1, 0.15) is 17.3 Å². The Morgan fingerprint density at radius 1 is 1.20 bits per heavy atom. The van der Waals surface area contributed by atoms with Crippen LogP contribution in [0.2, 0.25) is 0 Å². The van der Waals surface area contributed by atoms with Crippen molar-refractivity contribution in [3.63, 3.8) is 0 Å². The maximum atomic E-state index is 11.8. The van der Waals surface area contributed by atoms with Crippen molar-refractivity contribution in [2.75, 3.05) is 17.6 Å². The van der Waals surface area contributed by atoms with Crippen molar-refractivity contribution in [3.05, 3.63) is 51.6 Å². The number of nitrogen functional groups attached to an aromatic ring is 1. The third-order valence-electron chi connectivity index (χ3n) is 2.80. The molecule has 0 aromatic heterocycles. The molecule has 0 atom stereocenters. The van der Waals surface area contributed by atoms with E-state index in [0.29, 0.717) is 17.8 Å². The molecule has 5 heteroatoms. The van der Waals surface area contributed by atoms with Gasteiger partial charge in [-0.15, -0.1) is 0 Å². The van der Waals surface area contributed by atoms with Gasteiger partial charge in [0.25, 0.3) is 5.91 Å². The van der Waals surface area contributed by atoms with E-state index < -0.39 is 0 Å². The quantitative estimate of drug-likeness (QED) is 0.562. The van der Waals surface area contributed by atoms with Gasteiger partial charge < -0.3 is 16.4 Å². The number of benzene rings is 2. The van der Waals surface area contributed by atoms with Crippen LogP contribution in [-0.2, 0) is 0 Å². The Morgan fingerprint density at radius 2 is 1.95 bits per heavy atom. The summed E-state index contributed by atoms with van der Waals surface area (Å²) in [4.78, 5) is 11.8. The molecule has 0 aliphatic carbocycles. The van der Waals surface area contributed by atoms with Crippen molar-refractivity contribution in [2.24, 2.45) is 0 Å². The lowest BCUT2D eigenvalue weighted by molar-refractivity contribution is 0.0956. The van der Waals surface area contributed by atoms with E-state index in [-0.39, 0.29) is 5.91 Å². The maximum absolute atomic E-state index is 11.8. The van der Waals surface area contributed by atoms with Crippen molar-refractivity contribution >= 4 is 45.6 Å². The highest BCUT2D eigenvalue weighted by Crippen LogP contribution is 2.27. The second-order valence-corrected chi connectivity index (χ2v) is 5.43. The molecule has 0 aliphatic rings. The summed E-state index contributed by atoms with van der Waals surface area (Å²) in [6, 6.07) is 13.1. The van der Waals surface area contributed by atoms with E-state index in [1.165, 1.54) is 0 Å². The number of para-hydroxylation sites is 1. The van der Waals surface area contributed by atoms with Gasteiger partial charge in [-0.05, 0) is 59.8 Å².